The monoisotopic (exact) mass is 741 g/mol. The van der Waals surface area contributed by atoms with Crippen LogP contribution in [0.5, 0.6) is 23.0 Å². The number of thioether (sulfide) groups is 1. The molecule has 1 amide bonds. The van der Waals surface area contributed by atoms with Gasteiger partial charge in [-0.05, 0) is 102 Å². The number of benzene rings is 5. The lowest BCUT2D eigenvalue weighted by atomic mass is 9.97. The Morgan fingerprint density at radius 3 is 2.17 bits per heavy atom. The molecule has 6 aromatic rings. The fourth-order valence-electron chi connectivity index (χ4n) is 6.60. The number of hydrazone groups is 1. The van der Waals surface area contributed by atoms with Gasteiger partial charge in [-0.15, -0.1) is 10.2 Å². The summed E-state index contributed by atoms with van der Waals surface area (Å²) in [6.07, 6.45) is 1.27. The number of carbonyl (C=O) groups excluding carboxylic acids is 1. The lowest BCUT2D eigenvalue weighted by molar-refractivity contribution is -0.130. The highest BCUT2D eigenvalue weighted by Crippen LogP contribution is 2.36. The second-order valence-electron chi connectivity index (χ2n) is 12.7. The van der Waals surface area contributed by atoms with Crippen LogP contribution in [0, 0.1) is 0 Å². The third kappa shape index (κ3) is 8.06. The summed E-state index contributed by atoms with van der Waals surface area (Å²) in [5.74, 6) is 3.66. The van der Waals surface area contributed by atoms with E-state index in [1.165, 1.54) is 11.8 Å². The lowest BCUT2D eigenvalue weighted by Crippen LogP contribution is -2.28. The molecule has 0 saturated heterocycles. The maximum absolute atomic E-state index is 14.2. The van der Waals surface area contributed by atoms with E-state index in [0.29, 0.717) is 43.6 Å². The van der Waals surface area contributed by atoms with E-state index in [-0.39, 0.29) is 17.7 Å². The summed E-state index contributed by atoms with van der Waals surface area (Å²) in [5, 5.41) is 18.7. The molecule has 0 fully saturated rings. The largest absolute Gasteiger partial charge is 0.497 e. The van der Waals surface area contributed by atoms with E-state index in [1.807, 2.05) is 86.6 Å². The number of nitrogens with zero attached hydrogens (tertiary/aromatic N) is 5. The van der Waals surface area contributed by atoms with Crippen LogP contribution in [0.1, 0.15) is 43.0 Å². The molecule has 11 heteroatoms. The van der Waals surface area contributed by atoms with Crippen LogP contribution in [-0.4, -0.2) is 64.6 Å². The van der Waals surface area contributed by atoms with Crippen molar-refractivity contribution in [2.75, 3.05) is 33.2 Å². The number of fused-ring (bicyclic) bond motifs is 1. The second kappa shape index (κ2) is 16.9. The smallest absolute Gasteiger partial charge is 0.253 e. The summed E-state index contributed by atoms with van der Waals surface area (Å²) in [6.45, 7) is 5.59. The van der Waals surface area contributed by atoms with Crippen molar-refractivity contribution in [3.05, 3.63) is 126 Å². The van der Waals surface area contributed by atoms with Gasteiger partial charge in [-0.1, -0.05) is 66.4 Å². The van der Waals surface area contributed by atoms with E-state index in [1.54, 1.807) is 19.2 Å². The zero-order valence-corrected chi connectivity index (χ0v) is 31.7. The van der Waals surface area contributed by atoms with Crippen LogP contribution in [-0.2, 0) is 17.8 Å². The quantitative estimate of drug-likeness (QED) is 0.0965. The van der Waals surface area contributed by atoms with Gasteiger partial charge >= 0.3 is 0 Å². The number of amides is 1. The fourth-order valence-corrected chi connectivity index (χ4v) is 7.42. The van der Waals surface area contributed by atoms with Gasteiger partial charge in [-0.3, -0.25) is 4.79 Å². The minimum Gasteiger partial charge on any atom is -0.497 e. The summed E-state index contributed by atoms with van der Waals surface area (Å²) in [6, 6.07) is 36.0. The zero-order chi connectivity index (χ0) is 37.4. The third-order valence-corrected chi connectivity index (χ3v) is 10.3. The van der Waals surface area contributed by atoms with Crippen molar-refractivity contribution >= 4 is 34.2 Å². The number of aryl methyl sites for hydroxylation is 1. The highest BCUT2D eigenvalue weighted by molar-refractivity contribution is 7.99. The van der Waals surface area contributed by atoms with Crippen LogP contribution in [0.4, 0.5) is 0 Å². The fraction of sp³-hybridized carbons (Fsp3) is 0.256. The number of ether oxygens (including phenoxy) is 4. The Morgan fingerprint density at radius 2 is 1.44 bits per heavy atom. The van der Waals surface area contributed by atoms with E-state index >= 15 is 0 Å². The van der Waals surface area contributed by atoms with Crippen molar-refractivity contribution in [1.82, 2.24) is 19.8 Å². The van der Waals surface area contributed by atoms with Gasteiger partial charge in [0.2, 0.25) is 0 Å². The molecule has 0 bridgehead atoms. The van der Waals surface area contributed by atoms with E-state index in [4.69, 9.17) is 24.0 Å². The van der Waals surface area contributed by atoms with Crippen molar-refractivity contribution in [3.63, 3.8) is 0 Å². The summed E-state index contributed by atoms with van der Waals surface area (Å²) < 4.78 is 24.6. The van der Waals surface area contributed by atoms with Crippen LogP contribution in [0.15, 0.2) is 119 Å². The highest BCUT2D eigenvalue weighted by atomic mass is 32.2. The Bertz CT molecular complexity index is 2250. The summed E-state index contributed by atoms with van der Waals surface area (Å²) in [5.41, 5.74) is 4.83. The molecule has 0 saturated carbocycles. The minimum atomic E-state index is -0.266. The molecule has 54 heavy (non-hydrogen) atoms. The molecule has 1 aromatic heterocycles. The Hall–Kier alpha value is -5.81. The van der Waals surface area contributed by atoms with E-state index < -0.39 is 0 Å². The highest BCUT2D eigenvalue weighted by Gasteiger charge is 2.33. The van der Waals surface area contributed by atoms with Gasteiger partial charge in [0.25, 0.3) is 5.91 Å². The Morgan fingerprint density at radius 1 is 0.759 bits per heavy atom. The molecule has 0 N–H and O–H groups in total. The van der Waals surface area contributed by atoms with E-state index in [0.717, 1.165) is 61.7 Å². The van der Waals surface area contributed by atoms with Crippen molar-refractivity contribution in [2.45, 2.75) is 44.4 Å². The number of hydrogen-bond donors (Lipinski definition) is 0. The topological polar surface area (TPSA) is 100 Å². The van der Waals surface area contributed by atoms with Crippen molar-refractivity contribution in [3.8, 4) is 34.4 Å². The second-order valence-corrected chi connectivity index (χ2v) is 13.7. The van der Waals surface area contributed by atoms with Crippen LogP contribution < -0.4 is 18.9 Å². The molecule has 2 heterocycles. The first-order valence-corrected chi connectivity index (χ1v) is 19.1. The number of aromatic nitrogens is 3. The van der Waals surface area contributed by atoms with Gasteiger partial charge in [-0.25, -0.2) is 5.01 Å². The number of methoxy groups -OCH3 is 2. The van der Waals surface area contributed by atoms with Crippen LogP contribution >= 0.6 is 11.8 Å². The van der Waals surface area contributed by atoms with Crippen molar-refractivity contribution in [1.29, 1.82) is 0 Å². The Kier molecular flexibility index (Phi) is 11.4. The first kappa shape index (κ1) is 36.5. The molecule has 1 aliphatic heterocycles. The van der Waals surface area contributed by atoms with Gasteiger partial charge in [0.15, 0.2) is 22.5 Å². The summed E-state index contributed by atoms with van der Waals surface area (Å²) in [7, 11) is 3.29. The minimum absolute atomic E-state index is 0.120. The van der Waals surface area contributed by atoms with Gasteiger partial charge in [0.05, 0.1) is 44.9 Å². The molecular weight excluding hydrogens is 699 g/mol. The predicted molar refractivity (Wildman–Crippen MR) is 213 cm³/mol. The first-order valence-electron chi connectivity index (χ1n) is 18.1. The number of carbonyl (C=O) groups is 1. The van der Waals surface area contributed by atoms with Crippen LogP contribution in [0.2, 0.25) is 0 Å². The standard InChI is InChI=1S/C43H43N5O5S/c1-5-52-39-22-11-29(25-40(39)53-6-2)23-24-47-42(32-16-20-36(51-4)21-17-32)44-45-43(47)54-28-41(49)48-38(31-14-18-35(50-3)19-15-31)27-37(46-48)34-13-12-30-9-7-8-10-33(30)26-34/h7-22,25-26,38H,5-6,23-24,27-28H2,1-4H3. The van der Waals surface area contributed by atoms with E-state index in [9.17, 15) is 4.79 Å². The SMILES string of the molecule is CCOc1ccc(CCn2c(SCC(=O)N3N=C(c4ccc5ccccc5c4)CC3c3ccc(OC)cc3)nnc2-c2ccc(OC)cc2)cc1OCC. The van der Waals surface area contributed by atoms with Crippen molar-refractivity contribution in [2.24, 2.45) is 5.10 Å². The molecule has 0 aliphatic carbocycles. The summed E-state index contributed by atoms with van der Waals surface area (Å²) in [4.78, 5) is 14.2. The molecule has 5 aromatic carbocycles. The van der Waals surface area contributed by atoms with Crippen LogP contribution in [0.25, 0.3) is 22.2 Å². The number of rotatable bonds is 15. The summed E-state index contributed by atoms with van der Waals surface area (Å²) >= 11 is 1.36. The average molecular weight is 742 g/mol. The maximum atomic E-state index is 14.2. The molecule has 1 atom stereocenters. The molecule has 276 valence electrons. The lowest BCUT2D eigenvalue weighted by Gasteiger charge is -2.22. The molecule has 7 rings (SSSR count). The first-order chi connectivity index (χ1) is 26.5. The van der Waals surface area contributed by atoms with E-state index in [2.05, 4.69) is 51.2 Å². The average Bonchev–Trinajstić information content (AvgIpc) is 3.85. The molecule has 1 aliphatic rings. The van der Waals surface area contributed by atoms with Gasteiger partial charge in [-0.2, -0.15) is 5.10 Å². The normalized spacial score (nSPS) is 13.9. The molecule has 0 radical (unpaired) electrons. The van der Waals surface area contributed by atoms with Crippen molar-refractivity contribution < 1.29 is 23.7 Å². The molecule has 0 spiro atoms. The molecular formula is C43H43N5O5S. The molecule has 10 nitrogen and oxygen atoms in total. The van der Waals surface area contributed by atoms with Crippen LogP contribution in [0.3, 0.4) is 0 Å². The van der Waals surface area contributed by atoms with Gasteiger partial charge in [0, 0.05) is 18.5 Å². The zero-order valence-electron chi connectivity index (χ0n) is 30.9. The maximum Gasteiger partial charge on any atom is 0.253 e. The predicted octanol–water partition coefficient (Wildman–Crippen LogP) is 8.63. The van der Waals surface area contributed by atoms with Gasteiger partial charge < -0.3 is 23.5 Å². The Balaban J connectivity index is 1.16. The number of hydrogen-bond acceptors (Lipinski definition) is 9. The molecule has 1 unspecified atom stereocenters. The third-order valence-electron chi connectivity index (χ3n) is 9.37. The Labute approximate surface area is 319 Å². The van der Waals surface area contributed by atoms with Gasteiger partial charge in [0.1, 0.15) is 11.5 Å².